The summed E-state index contributed by atoms with van der Waals surface area (Å²) in [5.74, 6) is 1.38. The molecule has 1 atom stereocenters. The Morgan fingerprint density at radius 3 is 2.73 bits per heavy atom. The summed E-state index contributed by atoms with van der Waals surface area (Å²) in [7, 11) is 1.59. The van der Waals surface area contributed by atoms with Crippen LogP contribution in [0.4, 0.5) is 5.82 Å². The maximum atomic E-state index is 10.4. The number of hydrogen-bond donors (Lipinski definition) is 2. The normalized spacial score (nSPS) is 12.1. The van der Waals surface area contributed by atoms with E-state index < -0.39 is 6.10 Å². The van der Waals surface area contributed by atoms with Crippen LogP contribution < -0.4 is 10.1 Å². The standard InChI is InChI=1S/C17H17N3O2/c1-22-16-9-5-3-7-13(16)15(21)10-18-17-12-6-2-4-8-14(12)19-11-20-17/h2-9,11,15,21H,10H2,1H3,(H,18,19,20)/t15-/m0/s1. The minimum absolute atomic E-state index is 0.335. The van der Waals surface area contributed by atoms with E-state index in [-0.39, 0.29) is 0 Å². The van der Waals surface area contributed by atoms with Crippen LogP contribution in [-0.4, -0.2) is 28.7 Å². The van der Waals surface area contributed by atoms with Gasteiger partial charge in [0.05, 0.1) is 18.7 Å². The van der Waals surface area contributed by atoms with E-state index in [1.165, 1.54) is 6.33 Å². The smallest absolute Gasteiger partial charge is 0.137 e. The fourth-order valence-corrected chi connectivity index (χ4v) is 2.39. The number of methoxy groups -OCH3 is 1. The predicted octanol–water partition coefficient (Wildman–Crippen LogP) is 2.78. The van der Waals surface area contributed by atoms with Gasteiger partial charge in [-0.3, -0.25) is 0 Å². The molecule has 0 aliphatic rings. The second-order valence-electron chi connectivity index (χ2n) is 4.88. The fourth-order valence-electron chi connectivity index (χ4n) is 2.39. The maximum Gasteiger partial charge on any atom is 0.137 e. The van der Waals surface area contributed by atoms with Gasteiger partial charge in [-0.1, -0.05) is 30.3 Å². The molecule has 1 heterocycles. The number of aliphatic hydroxyl groups is 1. The average molecular weight is 295 g/mol. The molecule has 22 heavy (non-hydrogen) atoms. The van der Waals surface area contributed by atoms with Crippen LogP contribution in [0, 0.1) is 0 Å². The van der Waals surface area contributed by atoms with Crippen molar-refractivity contribution in [3.8, 4) is 5.75 Å². The molecule has 0 fully saturated rings. The zero-order valence-corrected chi connectivity index (χ0v) is 12.2. The number of benzene rings is 2. The van der Waals surface area contributed by atoms with Gasteiger partial charge < -0.3 is 15.2 Å². The van der Waals surface area contributed by atoms with E-state index in [9.17, 15) is 5.11 Å². The third-order valence-corrected chi connectivity index (χ3v) is 3.50. The molecule has 0 unspecified atom stereocenters. The highest BCUT2D eigenvalue weighted by molar-refractivity contribution is 5.88. The Morgan fingerprint density at radius 1 is 1.09 bits per heavy atom. The summed E-state index contributed by atoms with van der Waals surface area (Å²) < 4.78 is 5.28. The Morgan fingerprint density at radius 2 is 1.86 bits per heavy atom. The molecule has 112 valence electrons. The van der Waals surface area contributed by atoms with Crippen LogP contribution in [0.1, 0.15) is 11.7 Å². The molecule has 0 spiro atoms. The minimum atomic E-state index is -0.690. The van der Waals surface area contributed by atoms with Gasteiger partial charge in [0.25, 0.3) is 0 Å². The third-order valence-electron chi connectivity index (χ3n) is 3.50. The van der Waals surface area contributed by atoms with Gasteiger partial charge in [-0.15, -0.1) is 0 Å². The summed E-state index contributed by atoms with van der Waals surface area (Å²) in [6.07, 6.45) is 0.824. The van der Waals surface area contributed by atoms with E-state index in [1.807, 2.05) is 48.5 Å². The van der Waals surface area contributed by atoms with Crippen molar-refractivity contribution < 1.29 is 9.84 Å². The van der Waals surface area contributed by atoms with Crippen molar-refractivity contribution in [2.24, 2.45) is 0 Å². The minimum Gasteiger partial charge on any atom is -0.496 e. The quantitative estimate of drug-likeness (QED) is 0.757. The van der Waals surface area contributed by atoms with Crippen LogP contribution in [0.2, 0.25) is 0 Å². The lowest BCUT2D eigenvalue weighted by Crippen LogP contribution is -2.14. The number of nitrogens with zero attached hydrogens (tertiary/aromatic N) is 2. The van der Waals surface area contributed by atoms with Crippen molar-refractivity contribution in [3.63, 3.8) is 0 Å². The number of aromatic nitrogens is 2. The van der Waals surface area contributed by atoms with Gasteiger partial charge in [-0.2, -0.15) is 0 Å². The molecule has 1 aromatic heterocycles. The third kappa shape index (κ3) is 2.84. The predicted molar refractivity (Wildman–Crippen MR) is 86.0 cm³/mol. The highest BCUT2D eigenvalue weighted by Crippen LogP contribution is 2.25. The molecule has 0 radical (unpaired) electrons. The van der Waals surface area contributed by atoms with E-state index in [0.717, 1.165) is 16.5 Å². The van der Waals surface area contributed by atoms with E-state index >= 15 is 0 Å². The Hall–Kier alpha value is -2.66. The van der Waals surface area contributed by atoms with Gasteiger partial charge in [0.15, 0.2) is 0 Å². The van der Waals surface area contributed by atoms with Crippen molar-refractivity contribution in [1.29, 1.82) is 0 Å². The highest BCUT2D eigenvalue weighted by Gasteiger charge is 2.13. The molecule has 0 saturated carbocycles. The summed E-state index contributed by atoms with van der Waals surface area (Å²) in [6.45, 7) is 0.335. The number of hydrogen-bond acceptors (Lipinski definition) is 5. The number of aliphatic hydroxyl groups excluding tert-OH is 1. The molecular formula is C17H17N3O2. The van der Waals surface area contributed by atoms with Gasteiger partial charge in [0.1, 0.15) is 17.9 Å². The number of para-hydroxylation sites is 2. The molecule has 5 nitrogen and oxygen atoms in total. The van der Waals surface area contributed by atoms with Crippen molar-refractivity contribution in [2.75, 3.05) is 19.0 Å². The van der Waals surface area contributed by atoms with Crippen molar-refractivity contribution in [3.05, 3.63) is 60.4 Å². The lowest BCUT2D eigenvalue weighted by atomic mass is 10.1. The number of fused-ring (bicyclic) bond motifs is 1. The first-order chi connectivity index (χ1) is 10.8. The van der Waals surface area contributed by atoms with E-state index in [1.54, 1.807) is 7.11 Å². The van der Waals surface area contributed by atoms with E-state index in [0.29, 0.717) is 18.1 Å². The molecule has 0 saturated heterocycles. The Bertz CT molecular complexity index is 771. The Labute approximate surface area is 128 Å². The fraction of sp³-hybridized carbons (Fsp3) is 0.176. The second kappa shape index (κ2) is 6.41. The summed E-state index contributed by atoms with van der Waals surface area (Å²) in [5, 5.41) is 14.5. The summed E-state index contributed by atoms with van der Waals surface area (Å²) in [4.78, 5) is 8.47. The summed E-state index contributed by atoms with van der Waals surface area (Å²) in [5.41, 5.74) is 1.61. The van der Waals surface area contributed by atoms with Crippen molar-refractivity contribution in [2.45, 2.75) is 6.10 Å². The average Bonchev–Trinajstić information content (AvgIpc) is 2.59. The largest absolute Gasteiger partial charge is 0.496 e. The van der Waals surface area contributed by atoms with Crippen molar-refractivity contribution >= 4 is 16.7 Å². The molecule has 5 heteroatoms. The van der Waals surface area contributed by atoms with Gasteiger partial charge in [0, 0.05) is 17.5 Å². The molecule has 2 N–H and O–H groups in total. The lowest BCUT2D eigenvalue weighted by Gasteiger charge is -2.16. The molecular weight excluding hydrogens is 278 g/mol. The van der Waals surface area contributed by atoms with Crippen LogP contribution in [0.25, 0.3) is 10.9 Å². The van der Waals surface area contributed by atoms with E-state index in [4.69, 9.17) is 4.74 Å². The first kappa shape index (κ1) is 14.3. The zero-order valence-electron chi connectivity index (χ0n) is 12.2. The first-order valence-corrected chi connectivity index (χ1v) is 7.04. The molecule has 0 bridgehead atoms. The second-order valence-corrected chi connectivity index (χ2v) is 4.88. The Balaban J connectivity index is 1.79. The molecule has 3 rings (SSSR count). The molecule has 0 aliphatic carbocycles. The monoisotopic (exact) mass is 295 g/mol. The van der Waals surface area contributed by atoms with Crippen molar-refractivity contribution in [1.82, 2.24) is 9.97 Å². The van der Waals surface area contributed by atoms with Crippen LogP contribution in [0.5, 0.6) is 5.75 Å². The first-order valence-electron chi connectivity index (χ1n) is 7.04. The summed E-state index contributed by atoms with van der Waals surface area (Å²) in [6, 6.07) is 15.2. The van der Waals surface area contributed by atoms with Crippen LogP contribution in [0.15, 0.2) is 54.9 Å². The zero-order chi connectivity index (χ0) is 15.4. The van der Waals surface area contributed by atoms with Gasteiger partial charge in [-0.05, 0) is 18.2 Å². The highest BCUT2D eigenvalue weighted by atomic mass is 16.5. The van der Waals surface area contributed by atoms with Crippen LogP contribution in [0.3, 0.4) is 0 Å². The van der Waals surface area contributed by atoms with Crippen LogP contribution in [-0.2, 0) is 0 Å². The van der Waals surface area contributed by atoms with Crippen LogP contribution >= 0.6 is 0 Å². The molecule has 2 aromatic carbocycles. The number of anilines is 1. The lowest BCUT2D eigenvalue weighted by molar-refractivity contribution is 0.187. The number of rotatable bonds is 5. The SMILES string of the molecule is COc1ccccc1[C@@H](O)CNc1ncnc2ccccc12. The molecule has 3 aromatic rings. The molecule has 0 aliphatic heterocycles. The number of ether oxygens (including phenoxy) is 1. The topological polar surface area (TPSA) is 67.3 Å². The molecule has 0 amide bonds. The maximum absolute atomic E-state index is 10.4. The van der Waals surface area contributed by atoms with Gasteiger partial charge >= 0.3 is 0 Å². The summed E-state index contributed by atoms with van der Waals surface area (Å²) >= 11 is 0. The van der Waals surface area contributed by atoms with E-state index in [2.05, 4.69) is 15.3 Å². The van der Waals surface area contributed by atoms with Gasteiger partial charge in [0.2, 0.25) is 0 Å². The number of nitrogens with one attached hydrogen (secondary N) is 1. The Kier molecular flexibility index (Phi) is 4.16. The van der Waals surface area contributed by atoms with Gasteiger partial charge in [-0.25, -0.2) is 9.97 Å².